The van der Waals surface area contributed by atoms with Gasteiger partial charge in [0.1, 0.15) is 11.9 Å². The average molecular weight is 527 g/mol. The van der Waals surface area contributed by atoms with Gasteiger partial charge in [-0.05, 0) is 12.1 Å². The predicted molar refractivity (Wildman–Crippen MR) is 127 cm³/mol. The Morgan fingerprint density at radius 1 is 1.41 bits per heavy atom. The second-order valence-corrected chi connectivity index (χ2v) is 9.73. The van der Waals surface area contributed by atoms with Crippen molar-refractivity contribution in [3.05, 3.63) is 62.5 Å². The van der Waals surface area contributed by atoms with Crippen LogP contribution in [-0.2, 0) is 14.3 Å². The van der Waals surface area contributed by atoms with Gasteiger partial charge in [0.15, 0.2) is 17.1 Å². The average Bonchev–Trinajstić information content (AvgIpc) is 3.34. The summed E-state index contributed by atoms with van der Waals surface area (Å²) < 4.78 is 23.9. The van der Waals surface area contributed by atoms with E-state index in [9.17, 15) is 14.0 Å². The van der Waals surface area contributed by atoms with Crippen molar-refractivity contribution >= 4 is 52.7 Å². The van der Waals surface area contributed by atoms with Crippen LogP contribution in [0.5, 0.6) is 0 Å². The summed E-state index contributed by atoms with van der Waals surface area (Å²) >= 11 is 9.28. The van der Waals surface area contributed by atoms with E-state index >= 15 is 0 Å². The lowest BCUT2D eigenvalue weighted by Gasteiger charge is -2.36. The maximum absolute atomic E-state index is 13.8. The van der Waals surface area contributed by atoms with Crippen LogP contribution in [0.3, 0.4) is 0 Å². The molecular formula is C21H20ClFN4O5S2. The molecule has 0 saturated carbocycles. The normalized spacial score (nSPS) is 21.0. The zero-order valence-electron chi connectivity index (χ0n) is 17.9. The predicted octanol–water partition coefficient (Wildman–Crippen LogP) is 3.52. The molecule has 4 rings (SSSR count). The largest absolute Gasteiger partial charge is 0.507 e. The molecule has 1 aromatic heterocycles. The monoisotopic (exact) mass is 526 g/mol. The highest BCUT2D eigenvalue weighted by Gasteiger charge is 2.36. The van der Waals surface area contributed by atoms with Crippen LogP contribution in [0.15, 0.2) is 46.0 Å². The summed E-state index contributed by atoms with van der Waals surface area (Å²) in [6, 6.07) is 2.98. The fourth-order valence-corrected chi connectivity index (χ4v) is 5.56. The molecule has 9 nitrogen and oxygen atoms in total. The van der Waals surface area contributed by atoms with Crippen LogP contribution >= 0.6 is 34.7 Å². The van der Waals surface area contributed by atoms with Gasteiger partial charge >= 0.3 is 12.1 Å². The fraction of sp³-hybridized carbons (Fsp3) is 0.333. The van der Waals surface area contributed by atoms with Crippen LogP contribution in [0.2, 0.25) is 5.02 Å². The number of thiazole rings is 1. The van der Waals surface area contributed by atoms with E-state index in [1.165, 1.54) is 30.6 Å². The van der Waals surface area contributed by atoms with Gasteiger partial charge in [-0.25, -0.2) is 19.0 Å². The molecule has 0 spiro atoms. The van der Waals surface area contributed by atoms with Gasteiger partial charge in [0.05, 0.1) is 12.7 Å². The summed E-state index contributed by atoms with van der Waals surface area (Å²) in [5.74, 6) is 0.464. The summed E-state index contributed by atoms with van der Waals surface area (Å²) in [6.45, 7) is 0.691. The minimum Gasteiger partial charge on any atom is -0.466 e. The zero-order chi connectivity index (χ0) is 24.2. The van der Waals surface area contributed by atoms with Crippen LogP contribution in [0, 0.1) is 5.82 Å². The number of methoxy groups -OCH3 is 1. The van der Waals surface area contributed by atoms with Gasteiger partial charge < -0.3 is 19.9 Å². The van der Waals surface area contributed by atoms with E-state index in [4.69, 9.17) is 26.2 Å². The number of carboxylic acid groups (broad SMARTS) is 1. The van der Waals surface area contributed by atoms with E-state index in [2.05, 4.69) is 15.3 Å². The van der Waals surface area contributed by atoms with E-state index < -0.39 is 30.2 Å². The van der Waals surface area contributed by atoms with Gasteiger partial charge in [0, 0.05) is 52.5 Å². The Kier molecular flexibility index (Phi) is 7.71. The Morgan fingerprint density at radius 3 is 2.91 bits per heavy atom. The first kappa shape index (κ1) is 24.5. The molecule has 2 aromatic rings. The number of hydrogen-bond acceptors (Lipinski definition) is 10. The number of thioether (sulfide) groups is 1. The van der Waals surface area contributed by atoms with E-state index in [0.29, 0.717) is 34.4 Å². The minimum absolute atomic E-state index is 0.108. The lowest BCUT2D eigenvalue weighted by Crippen LogP contribution is -2.48. The molecule has 0 unspecified atom stereocenters. The Bertz CT molecular complexity index is 1140. The molecule has 13 heteroatoms. The number of esters is 1. The quantitative estimate of drug-likeness (QED) is 0.546. The van der Waals surface area contributed by atoms with E-state index in [0.717, 1.165) is 11.8 Å². The van der Waals surface area contributed by atoms with Crippen LogP contribution < -0.4 is 5.32 Å². The van der Waals surface area contributed by atoms with Gasteiger partial charge in [-0.15, -0.1) is 11.3 Å². The maximum atomic E-state index is 13.8. The number of halogens is 2. The third kappa shape index (κ3) is 5.35. The highest BCUT2D eigenvalue weighted by atomic mass is 35.5. The van der Waals surface area contributed by atoms with Crippen molar-refractivity contribution in [2.75, 3.05) is 31.7 Å². The second-order valence-electron chi connectivity index (χ2n) is 7.28. The number of nitrogens with zero attached hydrogens (tertiary/aromatic N) is 3. The van der Waals surface area contributed by atoms with Gasteiger partial charge in [0.25, 0.3) is 0 Å². The molecular weight excluding hydrogens is 507 g/mol. The summed E-state index contributed by atoms with van der Waals surface area (Å²) in [6.07, 6.45) is -0.446. The summed E-state index contributed by atoms with van der Waals surface area (Å²) in [4.78, 5) is 35.0. The summed E-state index contributed by atoms with van der Waals surface area (Å²) in [5.41, 5.74) is 1.05. The molecule has 3 heterocycles. The molecule has 0 aliphatic carbocycles. The van der Waals surface area contributed by atoms with Crippen molar-refractivity contribution in [2.45, 2.75) is 12.3 Å². The first-order valence-electron chi connectivity index (χ1n) is 10.1. The number of ether oxygens (including phenoxy) is 2. The van der Waals surface area contributed by atoms with Gasteiger partial charge in [-0.3, -0.25) is 9.89 Å². The van der Waals surface area contributed by atoms with Crippen LogP contribution in [0.25, 0.3) is 0 Å². The SMILES string of the molecule is COC(=O)C1=C(CN2CCSC[C@@H]2OC(=O)O)NC(c2nccs2)=N[C@H]1c1ccc(F)cc1Cl. The Hall–Kier alpha value is -2.67. The summed E-state index contributed by atoms with van der Waals surface area (Å²) in [7, 11) is 1.25. The maximum Gasteiger partial charge on any atom is 0.507 e. The third-order valence-corrected chi connectivity index (χ3v) is 7.31. The Balaban J connectivity index is 1.80. The number of nitrogens with one attached hydrogen (secondary N) is 1. The van der Waals surface area contributed by atoms with E-state index in [-0.39, 0.29) is 17.1 Å². The van der Waals surface area contributed by atoms with E-state index in [1.807, 2.05) is 4.90 Å². The lowest BCUT2D eigenvalue weighted by molar-refractivity contribution is -0.136. The molecule has 1 fully saturated rings. The molecule has 2 atom stereocenters. The number of benzene rings is 1. The molecule has 2 aliphatic heterocycles. The van der Waals surface area contributed by atoms with Crippen molar-refractivity contribution in [2.24, 2.45) is 4.99 Å². The second kappa shape index (κ2) is 10.7. The molecule has 0 radical (unpaired) electrons. The first-order chi connectivity index (χ1) is 16.4. The Morgan fingerprint density at radius 2 is 2.24 bits per heavy atom. The number of carbonyl (C=O) groups is 2. The molecule has 1 aromatic carbocycles. The lowest BCUT2D eigenvalue weighted by atomic mass is 9.95. The number of aliphatic imine (C=N–C) groups is 1. The number of rotatable bonds is 6. The van der Waals surface area contributed by atoms with Crippen molar-refractivity contribution < 1.29 is 28.6 Å². The highest BCUT2D eigenvalue weighted by Crippen LogP contribution is 2.37. The van der Waals surface area contributed by atoms with Crippen molar-refractivity contribution in [1.29, 1.82) is 0 Å². The van der Waals surface area contributed by atoms with Crippen molar-refractivity contribution in [1.82, 2.24) is 15.2 Å². The van der Waals surface area contributed by atoms with Crippen molar-refractivity contribution in [3.63, 3.8) is 0 Å². The molecule has 0 bridgehead atoms. The third-order valence-electron chi connectivity index (χ3n) is 5.21. The number of aromatic nitrogens is 1. The standard InChI is InChI=1S/C21H20ClFN4O5S2/c1-31-20(28)16-14(9-27-5-7-33-10-15(27)32-21(29)30)25-18(19-24-4-6-34-19)26-17(16)12-3-2-11(23)8-13(12)22/h2-4,6,8,15,17H,5,7,9-10H2,1H3,(H,25,26)(H,29,30)/t15-,17-/m0/s1. The molecule has 2 N–H and O–H groups in total. The molecule has 1 saturated heterocycles. The van der Waals surface area contributed by atoms with E-state index in [1.54, 1.807) is 23.3 Å². The van der Waals surface area contributed by atoms with Crippen LogP contribution in [-0.4, -0.2) is 70.9 Å². The van der Waals surface area contributed by atoms with Gasteiger partial charge in [-0.2, -0.15) is 11.8 Å². The highest BCUT2D eigenvalue weighted by molar-refractivity contribution is 7.99. The van der Waals surface area contributed by atoms with Crippen LogP contribution in [0.4, 0.5) is 9.18 Å². The molecule has 2 aliphatic rings. The smallest absolute Gasteiger partial charge is 0.466 e. The summed E-state index contributed by atoms with van der Waals surface area (Å²) in [5, 5.41) is 14.8. The van der Waals surface area contributed by atoms with Crippen molar-refractivity contribution in [3.8, 4) is 0 Å². The molecule has 180 valence electrons. The Labute approximate surface area is 207 Å². The zero-order valence-corrected chi connectivity index (χ0v) is 20.3. The number of hydrogen-bond donors (Lipinski definition) is 2. The number of carbonyl (C=O) groups excluding carboxylic acids is 1. The molecule has 34 heavy (non-hydrogen) atoms. The minimum atomic E-state index is -1.38. The van der Waals surface area contributed by atoms with Gasteiger partial charge in [0.2, 0.25) is 0 Å². The number of amidine groups is 1. The molecule has 0 amide bonds. The topological polar surface area (TPSA) is 113 Å². The first-order valence-corrected chi connectivity index (χ1v) is 12.5. The fourth-order valence-electron chi connectivity index (χ4n) is 3.69. The van der Waals surface area contributed by atoms with Gasteiger partial charge in [-0.1, -0.05) is 17.7 Å². The van der Waals surface area contributed by atoms with Crippen LogP contribution in [0.1, 0.15) is 16.6 Å².